The number of hydrogen-bond acceptors (Lipinski definition) is 2. The van der Waals surface area contributed by atoms with Gasteiger partial charge in [-0.3, -0.25) is 9.59 Å². The Kier molecular flexibility index (Phi) is 2.11. The van der Waals surface area contributed by atoms with Crippen LogP contribution in [0.3, 0.4) is 0 Å². The molecule has 0 saturated heterocycles. The minimum Gasteiger partial charge on any atom is -0.286 e. The van der Waals surface area contributed by atoms with Crippen LogP contribution in [0, 0.1) is 0 Å². The van der Waals surface area contributed by atoms with Crippen LogP contribution in [0.2, 0.25) is 0 Å². The van der Waals surface area contributed by atoms with E-state index < -0.39 is 10.9 Å². The average molecular weight is 184 g/mol. The highest BCUT2D eigenvalue weighted by Gasteiger charge is 2.04. The number of benzene rings is 1. The molecule has 68 valence electrons. The molecule has 0 aliphatic heterocycles. The first-order chi connectivity index (χ1) is 6.77. The van der Waals surface area contributed by atoms with Crippen molar-refractivity contribution in [2.45, 2.75) is 0 Å². The van der Waals surface area contributed by atoms with Crippen LogP contribution in [-0.4, -0.2) is 0 Å². The van der Waals surface area contributed by atoms with E-state index in [4.69, 9.17) is 0 Å². The van der Waals surface area contributed by atoms with E-state index in [2.05, 4.69) is 0 Å². The summed E-state index contributed by atoms with van der Waals surface area (Å²) in [4.78, 5) is 21.5. The van der Waals surface area contributed by atoms with E-state index >= 15 is 0 Å². The van der Waals surface area contributed by atoms with E-state index in [-0.39, 0.29) is 0 Å². The summed E-state index contributed by atoms with van der Waals surface area (Å²) >= 11 is 0. The van der Waals surface area contributed by atoms with Crippen LogP contribution in [0.1, 0.15) is 11.1 Å². The summed E-state index contributed by atoms with van der Waals surface area (Å²) in [5, 5.41) is 0. The standard InChI is InChI=1S/C12H8O2/c13-11-8-10(12(11)14)7-6-9-4-2-1-3-5-9/h1-8H. The van der Waals surface area contributed by atoms with Crippen molar-refractivity contribution in [3.8, 4) is 0 Å². The molecular weight excluding hydrogens is 176 g/mol. The van der Waals surface area contributed by atoms with Gasteiger partial charge in [-0.15, -0.1) is 0 Å². The molecule has 2 heteroatoms. The first-order valence-electron chi connectivity index (χ1n) is 4.31. The van der Waals surface area contributed by atoms with Gasteiger partial charge >= 0.3 is 0 Å². The quantitative estimate of drug-likeness (QED) is 0.662. The van der Waals surface area contributed by atoms with Crippen LogP contribution < -0.4 is 10.9 Å². The Morgan fingerprint density at radius 2 is 1.64 bits per heavy atom. The zero-order valence-corrected chi connectivity index (χ0v) is 7.44. The predicted molar refractivity (Wildman–Crippen MR) is 56.7 cm³/mol. The lowest BCUT2D eigenvalue weighted by molar-refractivity contribution is 1.39. The largest absolute Gasteiger partial charge is 0.286 e. The minimum absolute atomic E-state index is 0.391. The van der Waals surface area contributed by atoms with Crippen LogP contribution in [0.25, 0.3) is 12.2 Å². The maximum absolute atomic E-state index is 10.9. The molecule has 0 aromatic heterocycles. The third kappa shape index (κ3) is 1.55. The molecule has 2 aromatic carbocycles. The van der Waals surface area contributed by atoms with Crippen molar-refractivity contribution in [2.75, 3.05) is 0 Å². The molecule has 0 spiro atoms. The van der Waals surface area contributed by atoms with E-state index in [9.17, 15) is 9.59 Å². The molecular formula is C12H8O2. The molecule has 14 heavy (non-hydrogen) atoms. The molecule has 0 fully saturated rings. The van der Waals surface area contributed by atoms with Crippen molar-refractivity contribution in [3.63, 3.8) is 0 Å². The summed E-state index contributed by atoms with van der Waals surface area (Å²) in [5.41, 5.74) is 0.703. The van der Waals surface area contributed by atoms with Gasteiger partial charge in [0, 0.05) is 11.6 Å². The summed E-state index contributed by atoms with van der Waals surface area (Å²) in [7, 11) is 0. The molecule has 0 bridgehead atoms. The van der Waals surface area contributed by atoms with Gasteiger partial charge in [0.25, 0.3) is 0 Å². The Hall–Kier alpha value is -1.96. The van der Waals surface area contributed by atoms with Crippen LogP contribution >= 0.6 is 0 Å². The van der Waals surface area contributed by atoms with E-state index in [0.717, 1.165) is 5.56 Å². The van der Waals surface area contributed by atoms with Gasteiger partial charge in [0.2, 0.25) is 10.9 Å². The van der Waals surface area contributed by atoms with Crippen LogP contribution in [0.5, 0.6) is 0 Å². The Morgan fingerprint density at radius 1 is 0.929 bits per heavy atom. The van der Waals surface area contributed by atoms with Gasteiger partial charge < -0.3 is 0 Å². The second kappa shape index (κ2) is 3.42. The van der Waals surface area contributed by atoms with Gasteiger partial charge in [-0.1, -0.05) is 42.5 Å². The highest BCUT2D eigenvalue weighted by Crippen LogP contribution is 2.03. The topological polar surface area (TPSA) is 34.1 Å². The summed E-state index contributed by atoms with van der Waals surface area (Å²) in [6.07, 6.45) is 3.48. The molecule has 2 aromatic rings. The molecule has 0 N–H and O–H groups in total. The Balaban J connectivity index is 2.22. The zero-order valence-electron chi connectivity index (χ0n) is 7.44. The molecule has 2 rings (SSSR count). The second-order valence-corrected chi connectivity index (χ2v) is 3.04. The first-order valence-corrected chi connectivity index (χ1v) is 4.31. The fourth-order valence-corrected chi connectivity index (χ4v) is 1.21. The number of hydrogen-bond donors (Lipinski definition) is 0. The Bertz CT molecular complexity index is 529. The van der Waals surface area contributed by atoms with Crippen LogP contribution in [-0.2, 0) is 0 Å². The van der Waals surface area contributed by atoms with E-state index in [1.54, 1.807) is 6.08 Å². The van der Waals surface area contributed by atoms with Crippen LogP contribution in [0.15, 0.2) is 46.0 Å². The molecule has 0 unspecified atom stereocenters. The highest BCUT2D eigenvalue weighted by molar-refractivity contribution is 5.70. The minimum atomic E-state index is -0.405. The Morgan fingerprint density at radius 3 is 2.21 bits per heavy atom. The van der Waals surface area contributed by atoms with Gasteiger partial charge in [0.1, 0.15) is 0 Å². The lowest BCUT2D eigenvalue weighted by Gasteiger charge is -1.93. The number of rotatable bonds is 2. The SMILES string of the molecule is O=c1cc(C=Cc2ccccc2)c1=O. The average Bonchev–Trinajstić information content (AvgIpc) is 2.25. The molecule has 0 aliphatic rings. The monoisotopic (exact) mass is 184 g/mol. The normalized spacial score (nSPS) is 11.1. The Labute approximate surface area is 80.8 Å². The molecule has 0 heterocycles. The predicted octanol–water partition coefficient (Wildman–Crippen LogP) is 1.45. The fraction of sp³-hybridized carbons (Fsp3) is 0. The van der Waals surface area contributed by atoms with Gasteiger partial charge in [-0.25, -0.2) is 0 Å². The maximum atomic E-state index is 10.9. The van der Waals surface area contributed by atoms with E-state index in [1.807, 2.05) is 36.4 Å². The maximum Gasteiger partial charge on any atom is 0.233 e. The molecule has 0 saturated carbocycles. The molecule has 0 radical (unpaired) electrons. The van der Waals surface area contributed by atoms with Gasteiger partial charge in [0.15, 0.2) is 0 Å². The van der Waals surface area contributed by atoms with Crippen molar-refractivity contribution >= 4 is 12.2 Å². The van der Waals surface area contributed by atoms with Gasteiger partial charge in [0.05, 0.1) is 0 Å². The van der Waals surface area contributed by atoms with Crippen molar-refractivity contribution in [1.82, 2.24) is 0 Å². The fourth-order valence-electron chi connectivity index (χ4n) is 1.21. The van der Waals surface area contributed by atoms with E-state index in [0.29, 0.717) is 5.56 Å². The van der Waals surface area contributed by atoms with Gasteiger partial charge in [-0.05, 0) is 5.56 Å². The third-order valence-corrected chi connectivity index (χ3v) is 2.03. The summed E-state index contributed by atoms with van der Waals surface area (Å²) in [6.45, 7) is 0. The molecule has 0 aliphatic carbocycles. The lowest BCUT2D eigenvalue weighted by atomic mass is 10.1. The van der Waals surface area contributed by atoms with Gasteiger partial charge in [-0.2, -0.15) is 0 Å². The van der Waals surface area contributed by atoms with Crippen molar-refractivity contribution < 1.29 is 0 Å². The van der Waals surface area contributed by atoms with Crippen LogP contribution in [0.4, 0.5) is 0 Å². The molecule has 0 atom stereocenters. The third-order valence-electron chi connectivity index (χ3n) is 2.03. The lowest BCUT2D eigenvalue weighted by Crippen LogP contribution is -2.31. The molecule has 2 nitrogen and oxygen atoms in total. The molecule has 0 amide bonds. The van der Waals surface area contributed by atoms with Crippen molar-refractivity contribution in [1.29, 1.82) is 0 Å². The summed E-state index contributed by atoms with van der Waals surface area (Å²) < 4.78 is 0. The van der Waals surface area contributed by atoms with E-state index in [1.165, 1.54) is 6.07 Å². The zero-order chi connectivity index (χ0) is 9.97. The smallest absolute Gasteiger partial charge is 0.233 e. The second-order valence-electron chi connectivity index (χ2n) is 3.04. The highest BCUT2D eigenvalue weighted by atomic mass is 16.2. The summed E-state index contributed by atoms with van der Waals surface area (Å²) in [5.74, 6) is 0. The van der Waals surface area contributed by atoms with Crippen molar-refractivity contribution in [2.24, 2.45) is 0 Å². The first kappa shape index (κ1) is 8.63. The van der Waals surface area contributed by atoms with Crippen molar-refractivity contribution in [3.05, 3.63) is 68.0 Å². The summed E-state index contributed by atoms with van der Waals surface area (Å²) in [6, 6.07) is 11.0.